The predicted molar refractivity (Wildman–Crippen MR) is 114 cm³/mol. The first-order valence-electron chi connectivity index (χ1n) is 10.7. The van der Waals surface area contributed by atoms with E-state index in [1.165, 1.54) is 17.7 Å². The largest absolute Gasteiger partial charge is 0.465 e. The van der Waals surface area contributed by atoms with Gasteiger partial charge < -0.3 is 9.64 Å². The van der Waals surface area contributed by atoms with Gasteiger partial charge in [-0.2, -0.15) is 0 Å². The van der Waals surface area contributed by atoms with Crippen LogP contribution in [0.3, 0.4) is 0 Å². The molecule has 158 valence electrons. The van der Waals surface area contributed by atoms with Gasteiger partial charge in [-0.1, -0.05) is 6.92 Å². The summed E-state index contributed by atoms with van der Waals surface area (Å²) in [6.45, 7) is 7.27. The molecule has 0 spiro atoms. The van der Waals surface area contributed by atoms with E-state index in [1.54, 1.807) is 22.8 Å². The number of aromatic nitrogens is 2. The Bertz CT molecular complexity index is 1030. The molecule has 8 heteroatoms. The Hall–Kier alpha value is -1.93. The van der Waals surface area contributed by atoms with Crippen molar-refractivity contribution >= 4 is 27.5 Å². The topological polar surface area (TPSA) is 73.5 Å². The maximum atomic E-state index is 13.3. The number of nitrogens with zero attached hydrogens (tertiary/aromatic N) is 3. The average molecular weight is 420 g/mol. The molecule has 2 aromatic rings. The lowest BCUT2D eigenvalue weighted by atomic mass is 9.89. The number of esters is 1. The molecule has 0 amide bonds. The van der Waals surface area contributed by atoms with Crippen LogP contribution in [0.1, 0.15) is 43.6 Å². The van der Waals surface area contributed by atoms with Crippen LogP contribution in [0.25, 0.3) is 10.2 Å². The Labute approximate surface area is 173 Å². The smallest absolute Gasteiger partial charge is 0.332 e. The van der Waals surface area contributed by atoms with E-state index >= 15 is 0 Å². The number of fused-ring (bicyclic) bond motifs is 3. The van der Waals surface area contributed by atoms with Gasteiger partial charge >= 0.3 is 11.7 Å². The third-order valence-corrected chi connectivity index (χ3v) is 7.37. The second-order valence-electron chi connectivity index (χ2n) is 8.21. The van der Waals surface area contributed by atoms with E-state index in [0.29, 0.717) is 17.8 Å². The lowest BCUT2D eigenvalue weighted by Gasteiger charge is -2.18. The van der Waals surface area contributed by atoms with Gasteiger partial charge in [0.05, 0.1) is 12.0 Å². The third-order valence-electron chi connectivity index (χ3n) is 6.09. The standard InChI is InChI=1S/C21H29N3O4S/c1-3-28-17(25)13-24-19(26)18-15-7-6-14(2)12-16(15)29-20(18)23(21(24)27)11-10-22-8-4-5-9-22/h14H,3-13H2,1-2H3/t14-/m1/s1. The van der Waals surface area contributed by atoms with E-state index in [2.05, 4.69) is 11.8 Å². The SMILES string of the molecule is CCOC(=O)Cn1c(=O)c2c3c(sc2n(CCN2CCCC2)c1=O)C[C@H](C)CC3. The fourth-order valence-corrected chi connectivity index (χ4v) is 6.04. The Morgan fingerprint density at radius 2 is 1.93 bits per heavy atom. The molecule has 0 N–H and O–H groups in total. The van der Waals surface area contributed by atoms with Gasteiger partial charge in [-0.25, -0.2) is 9.36 Å². The highest BCUT2D eigenvalue weighted by molar-refractivity contribution is 7.18. The highest BCUT2D eigenvalue weighted by atomic mass is 32.1. The van der Waals surface area contributed by atoms with Crippen molar-refractivity contribution in [3.63, 3.8) is 0 Å². The quantitative estimate of drug-likeness (QED) is 0.670. The van der Waals surface area contributed by atoms with Gasteiger partial charge in [0.1, 0.15) is 11.4 Å². The van der Waals surface area contributed by atoms with Crippen molar-refractivity contribution in [3.8, 4) is 0 Å². The minimum absolute atomic E-state index is 0.227. The van der Waals surface area contributed by atoms with Gasteiger partial charge in [-0.15, -0.1) is 11.3 Å². The summed E-state index contributed by atoms with van der Waals surface area (Å²) in [4.78, 5) is 42.9. The summed E-state index contributed by atoms with van der Waals surface area (Å²) >= 11 is 1.59. The highest BCUT2D eigenvalue weighted by Gasteiger charge is 2.26. The van der Waals surface area contributed by atoms with E-state index in [9.17, 15) is 14.4 Å². The highest BCUT2D eigenvalue weighted by Crippen LogP contribution is 2.36. The van der Waals surface area contributed by atoms with Crippen molar-refractivity contribution in [2.75, 3.05) is 26.2 Å². The van der Waals surface area contributed by atoms with Gasteiger partial charge in [0, 0.05) is 18.0 Å². The van der Waals surface area contributed by atoms with E-state index in [4.69, 9.17) is 4.74 Å². The minimum atomic E-state index is -0.546. The van der Waals surface area contributed by atoms with E-state index in [1.807, 2.05) is 0 Å². The molecular weight excluding hydrogens is 390 g/mol. The van der Waals surface area contributed by atoms with Crippen LogP contribution < -0.4 is 11.2 Å². The van der Waals surface area contributed by atoms with Crippen LogP contribution in [0.5, 0.6) is 0 Å². The number of carbonyl (C=O) groups is 1. The summed E-state index contributed by atoms with van der Waals surface area (Å²) in [5.74, 6) is 0.0388. The van der Waals surface area contributed by atoms with Gasteiger partial charge in [-0.3, -0.25) is 14.2 Å². The second kappa shape index (κ2) is 8.44. The Balaban J connectivity index is 1.82. The van der Waals surface area contributed by atoms with Crippen molar-refractivity contribution in [1.29, 1.82) is 0 Å². The number of carbonyl (C=O) groups excluding carboxylic acids is 1. The van der Waals surface area contributed by atoms with Gasteiger partial charge in [-0.05, 0) is 63.6 Å². The van der Waals surface area contributed by atoms with Gasteiger partial charge in [0.2, 0.25) is 0 Å². The predicted octanol–water partition coefficient (Wildman–Crippen LogP) is 2.01. The zero-order chi connectivity index (χ0) is 20.5. The number of aryl methyl sites for hydroxylation is 1. The molecule has 0 radical (unpaired) electrons. The molecule has 0 aromatic carbocycles. The summed E-state index contributed by atoms with van der Waals surface area (Å²) in [6, 6.07) is 0. The van der Waals surface area contributed by atoms with Gasteiger partial charge in [0.25, 0.3) is 5.56 Å². The number of hydrogen-bond acceptors (Lipinski definition) is 6. The van der Waals surface area contributed by atoms with Crippen molar-refractivity contribution in [3.05, 3.63) is 31.3 Å². The maximum Gasteiger partial charge on any atom is 0.332 e. The van der Waals surface area contributed by atoms with Crippen molar-refractivity contribution < 1.29 is 9.53 Å². The first-order chi connectivity index (χ1) is 14.0. The number of hydrogen-bond donors (Lipinski definition) is 0. The normalized spacial score (nSPS) is 19.6. The monoisotopic (exact) mass is 419 g/mol. The number of rotatable bonds is 6. The lowest BCUT2D eigenvalue weighted by molar-refractivity contribution is -0.143. The van der Waals surface area contributed by atoms with Crippen molar-refractivity contribution in [2.24, 2.45) is 5.92 Å². The molecule has 2 aliphatic rings. The van der Waals surface area contributed by atoms with E-state index in [0.717, 1.165) is 53.9 Å². The summed E-state index contributed by atoms with van der Waals surface area (Å²) in [5, 5.41) is 0.641. The van der Waals surface area contributed by atoms with E-state index < -0.39 is 11.7 Å². The molecule has 1 aliphatic heterocycles. The number of thiophene rings is 1. The van der Waals surface area contributed by atoms with E-state index in [-0.39, 0.29) is 18.7 Å². The summed E-state index contributed by atoms with van der Waals surface area (Å²) in [5.41, 5.74) is 0.338. The molecule has 1 saturated heterocycles. The molecule has 0 saturated carbocycles. The summed E-state index contributed by atoms with van der Waals surface area (Å²) < 4.78 is 7.81. The van der Waals surface area contributed by atoms with Crippen LogP contribution in [0.4, 0.5) is 0 Å². The number of ether oxygens (including phenoxy) is 1. The summed E-state index contributed by atoms with van der Waals surface area (Å²) in [7, 11) is 0. The Morgan fingerprint density at radius 3 is 2.66 bits per heavy atom. The molecule has 3 heterocycles. The van der Waals surface area contributed by atoms with Crippen molar-refractivity contribution in [2.45, 2.75) is 59.0 Å². The Morgan fingerprint density at radius 1 is 1.17 bits per heavy atom. The first kappa shape index (κ1) is 20.3. The minimum Gasteiger partial charge on any atom is -0.465 e. The maximum absolute atomic E-state index is 13.3. The van der Waals surface area contributed by atoms with Crippen LogP contribution in [-0.4, -0.2) is 46.2 Å². The lowest BCUT2D eigenvalue weighted by Crippen LogP contribution is -2.43. The van der Waals surface area contributed by atoms with Crippen molar-refractivity contribution in [1.82, 2.24) is 14.0 Å². The molecule has 0 unspecified atom stereocenters. The zero-order valence-electron chi connectivity index (χ0n) is 17.2. The van der Waals surface area contributed by atoms with Crippen LogP contribution in [0, 0.1) is 5.92 Å². The number of likely N-dealkylation sites (tertiary alicyclic amines) is 1. The van der Waals surface area contributed by atoms with Crippen LogP contribution in [-0.2, 0) is 35.5 Å². The molecule has 1 atom stereocenters. The van der Waals surface area contributed by atoms with Gasteiger partial charge in [0.15, 0.2) is 0 Å². The fourth-order valence-electron chi connectivity index (χ4n) is 4.52. The molecular formula is C21H29N3O4S. The Kier molecular flexibility index (Phi) is 5.92. The zero-order valence-corrected chi connectivity index (χ0v) is 18.1. The van der Waals surface area contributed by atoms with Crippen LogP contribution >= 0.6 is 11.3 Å². The second-order valence-corrected chi connectivity index (χ2v) is 9.29. The molecule has 2 aromatic heterocycles. The molecule has 1 fully saturated rings. The summed E-state index contributed by atoms with van der Waals surface area (Å²) in [6.07, 6.45) is 5.24. The molecule has 0 bridgehead atoms. The molecule has 29 heavy (non-hydrogen) atoms. The van der Waals surface area contributed by atoms with Crippen LogP contribution in [0.15, 0.2) is 9.59 Å². The average Bonchev–Trinajstić information content (AvgIpc) is 3.32. The molecule has 4 rings (SSSR count). The third kappa shape index (κ3) is 3.92. The van der Waals surface area contributed by atoms with Crippen LogP contribution in [0.2, 0.25) is 0 Å². The first-order valence-corrected chi connectivity index (χ1v) is 11.5. The fraction of sp³-hybridized carbons (Fsp3) is 0.667. The molecule has 7 nitrogen and oxygen atoms in total. The molecule has 1 aliphatic carbocycles.